The Morgan fingerprint density at radius 3 is 2.58 bits per heavy atom. The van der Waals surface area contributed by atoms with Crippen molar-refractivity contribution in [3.8, 4) is 22.6 Å². The molecule has 1 atom stereocenters. The second-order valence-electron chi connectivity index (χ2n) is 9.39. The van der Waals surface area contributed by atoms with Crippen molar-refractivity contribution in [2.24, 2.45) is 5.92 Å². The smallest absolute Gasteiger partial charge is 0.163 e. The number of nitrogens with zero attached hydrogens (tertiary/aromatic N) is 4. The summed E-state index contributed by atoms with van der Waals surface area (Å²) >= 11 is 6.10. The molecule has 5 nitrogen and oxygen atoms in total. The van der Waals surface area contributed by atoms with Gasteiger partial charge in [-0.25, -0.2) is 9.97 Å². The first-order valence-corrected chi connectivity index (χ1v) is 12.7. The summed E-state index contributed by atoms with van der Waals surface area (Å²) < 4.78 is 0. The van der Waals surface area contributed by atoms with E-state index in [0.717, 1.165) is 40.2 Å². The fourth-order valence-corrected chi connectivity index (χ4v) is 5.35. The monoisotopic (exact) mass is 461 g/mol. The number of hydrogen-bond acceptors (Lipinski definition) is 5. The number of nitrogens with one attached hydrogen (secondary N) is 1. The Bertz CT molecular complexity index is 1030. The molecule has 3 aromatic rings. The lowest BCUT2D eigenvalue weighted by Crippen LogP contribution is -2.45. The number of halogens is 1. The number of hydrogen-bond donors (Lipinski definition) is 1. The Balaban J connectivity index is 1.33. The average Bonchev–Trinajstić information content (AvgIpc) is 2.89. The average molecular weight is 462 g/mol. The Hall–Kier alpha value is -2.50. The number of likely N-dealkylation sites (tertiary alicyclic amines) is 1. The van der Waals surface area contributed by atoms with Crippen LogP contribution in [0.25, 0.3) is 22.6 Å². The van der Waals surface area contributed by atoms with Gasteiger partial charge in [0.15, 0.2) is 5.82 Å². The van der Waals surface area contributed by atoms with Crippen molar-refractivity contribution < 1.29 is 0 Å². The van der Waals surface area contributed by atoms with E-state index in [2.05, 4.69) is 15.2 Å². The first-order chi connectivity index (χ1) is 16.2. The van der Waals surface area contributed by atoms with Crippen molar-refractivity contribution in [2.45, 2.75) is 51.0 Å². The first-order valence-electron chi connectivity index (χ1n) is 12.3. The van der Waals surface area contributed by atoms with Crippen LogP contribution in [0.5, 0.6) is 0 Å². The molecule has 3 heterocycles. The molecule has 1 saturated carbocycles. The van der Waals surface area contributed by atoms with E-state index in [0.29, 0.717) is 11.7 Å². The fourth-order valence-electron chi connectivity index (χ4n) is 5.22. The second kappa shape index (κ2) is 10.6. The zero-order valence-corrected chi connectivity index (χ0v) is 19.8. The molecule has 2 aliphatic rings. The van der Waals surface area contributed by atoms with Gasteiger partial charge in [-0.05, 0) is 62.4 Å². The first kappa shape index (κ1) is 22.3. The second-order valence-corrected chi connectivity index (χ2v) is 9.82. The molecule has 1 aliphatic heterocycles. The van der Waals surface area contributed by atoms with E-state index in [-0.39, 0.29) is 0 Å². The van der Waals surface area contributed by atoms with Crippen LogP contribution >= 0.6 is 11.6 Å². The number of aromatic nitrogens is 3. The summed E-state index contributed by atoms with van der Waals surface area (Å²) in [5, 5.41) is 4.37. The molecule has 1 aromatic carbocycles. The summed E-state index contributed by atoms with van der Waals surface area (Å²) in [5.41, 5.74) is 2.82. The minimum Gasteiger partial charge on any atom is -0.370 e. The molecule has 172 valence electrons. The highest BCUT2D eigenvalue weighted by Gasteiger charge is 2.27. The zero-order chi connectivity index (χ0) is 22.5. The van der Waals surface area contributed by atoms with Gasteiger partial charge >= 0.3 is 0 Å². The van der Waals surface area contributed by atoms with Gasteiger partial charge in [-0.15, -0.1) is 0 Å². The van der Waals surface area contributed by atoms with Crippen LogP contribution in [-0.2, 0) is 0 Å². The van der Waals surface area contributed by atoms with E-state index in [4.69, 9.17) is 21.6 Å². The summed E-state index contributed by atoms with van der Waals surface area (Å²) in [7, 11) is 0. The maximum Gasteiger partial charge on any atom is 0.163 e. The molecule has 5 rings (SSSR count). The lowest BCUT2D eigenvalue weighted by atomic mass is 9.90. The summed E-state index contributed by atoms with van der Waals surface area (Å²) in [6.45, 7) is 3.40. The maximum absolute atomic E-state index is 6.10. The number of piperidine rings is 1. The van der Waals surface area contributed by atoms with Crippen molar-refractivity contribution in [1.29, 1.82) is 0 Å². The van der Waals surface area contributed by atoms with E-state index in [1.807, 2.05) is 48.7 Å². The fraction of sp³-hybridized carbons (Fsp3) is 0.444. The normalized spacial score (nSPS) is 20.0. The van der Waals surface area contributed by atoms with Crippen molar-refractivity contribution in [1.82, 2.24) is 19.9 Å². The quantitative estimate of drug-likeness (QED) is 0.465. The SMILES string of the molecule is Clc1ccc(-c2cc(NCC3CCCN(C4CCCCC4)C3)nc(-c3cccnc3)n2)cc1. The van der Waals surface area contributed by atoms with Crippen molar-refractivity contribution in [2.75, 3.05) is 25.0 Å². The van der Waals surface area contributed by atoms with E-state index < -0.39 is 0 Å². The lowest BCUT2D eigenvalue weighted by molar-refractivity contribution is 0.102. The lowest BCUT2D eigenvalue weighted by Gasteiger charge is -2.40. The van der Waals surface area contributed by atoms with Gasteiger partial charge in [-0.1, -0.05) is 43.0 Å². The van der Waals surface area contributed by atoms with Gasteiger partial charge in [-0.2, -0.15) is 0 Å². The molecule has 1 saturated heterocycles. The maximum atomic E-state index is 6.10. The van der Waals surface area contributed by atoms with Crippen LogP contribution in [0, 0.1) is 5.92 Å². The molecule has 0 radical (unpaired) electrons. The molecule has 2 fully saturated rings. The van der Waals surface area contributed by atoms with Crippen molar-refractivity contribution >= 4 is 17.4 Å². The standard InChI is InChI=1S/C27H32ClN5/c28-23-12-10-21(11-13-23)25-16-26(32-27(31-25)22-7-4-14-29-18-22)30-17-20-6-5-15-33(19-20)24-8-2-1-3-9-24/h4,7,10-14,16,18,20,24H,1-3,5-6,8-9,15,17,19H2,(H,30,31,32). The third kappa shape index (κ3) is 5.71. The number of rotatable bonds is 6. The highest BCUT2D eigenvalue weighted by atomic mass is 35.5. The molecule has 1 unspecified atom stereocenters. The van der Waals surface area contributed by atoms with Crippen LogP contribution in [0.4, 0.5) is 5.82 Å². The molecule has 6 heteroatoms. The van der Waals surface area contributed by atoms with E-state index in [1.54, 1.807) is 6.20 Å². The summed E-state index contributed by atoms with van der Waals surface area (Å²) in [5.74, 6) is 2.20. The van der Waals surface area contributed by atoms with E-state index >= 15 is 0 Å². The summed E-state index contributed by atoms with van der Waals surface area (Å²) in [6, 6.07) is 14.6. The highest BCUT2D eigenvalue weighted by molar-refractivity contribution is 6.30. The minimum absolute atomic E-state index is 0.650. The van der Waals surface area contributed by atoms with Crippen molar-refractivity contribution in [3.05, 3.63) is 59.9 Å². The third-order valence-electron chi connectivity index (χ3n) is 7.00. The van der Waals surface area contributed by atoms with Crippen LogP contribution in [0.1, 0.15) is 44.9 Å². The predicted molar refractivity (Wildman–Crippen MR) is 135 cm³/mol. The Kier molecular flexibility index (Phi) is 7.18. The van der Waals surface area contributed by atoms with Crippen LogP contribution in [-0.4, -0.2) is 45.5 Å². The summed E-state index contributed by atoms with van der Waals surface area (Å²) in [6.07, 6.45) is 13.1. The van der Waals surface area contributed by atoms with Crippen LogP contribution in [0.15, 0.2) is 54.9 Å². The minimum atomic E-state index is 0.650. The van der Waals surface area contributed by atoms with Crippen LogP contribution in [0.3, 0.4) is 0 Å². The largest absolute Gasteiger partial charge is 0.370 e. The van der Waals surface area contributed by atoms with Crippen LogP contribution < -0.4 is 5.32 Å². The van der Waals surface area contributed by atoms with Gasteiger partial charge in [0.1, 0.15) is 5.82 Å². The van der Waals surface area contributed by atoms with Gasteiger partial charge < -0.3 is 10.2 Å². The highest BCUT2D eigenvalue weighted by Crippen LogP contribution is 2.28. The number of anilines is 1. The van der Waals surface area contributed by atoms with E-state index in [1.165, 1.54) is 58.0 Å². The molecule has 0 bridgehead atoms. The van der Waals surface area contributed by atoms with E-state index in [9.17, 15) is 0 Å². The molecule has 0 amide bonds. The van der Waals surface area contributed by atoms with Gasteiger partial charge in [0.25, 0.3) is 0 Å². The van der Waals surface area contributed by atoms with Gasteiger partial charge in [-0.3, -0.25) is 4.98 Å². The zero-order valence-electron chi connectivity index (χ0n) is 19.1. The molecule has 0 spiro atoms. The molecule has 1 aliphatic carbocycles. The number of benzene rings is 1. The predicted octanol–water partition coefficient (Wildman–Crippen LogP) is 6.32. The molecule has 2 aromatic heterocycles. The molecular formula is C27H32ClN5. The Morgan fingerprint density at radius 2 is 1.79 bits per heavy atom. The molecule has 1 N–H and O–H groups in total. The topological polar surface area (TPSA) is 53.9 Å². The molecule has 33 heavy (non-hydrogen) atoms. The van der Waals surface area contributed by atoms with Crippen LogP contribution in [0.2, 0.25) is 5.02 Å². The summed E-state index contributed by atoms with van der Waals surface area (Å²) in [4.78, 5) is 16.7. The van der Waals surface area contributed by atoms with Gasteiger partial charge in [0, 0.05) is 53.7 Å². The van der Waals surface area contributed by atoms with Gasteiger partial charge in [0.2, 0.25) is 0 Å². The molecular weight excluding hydrogens is 430 g/mol. The Labute approximate surface area is 201 Å². The number of pyridine rings is 1. The third-order valence-corrected chi connectivity index (χ3v) is 7.25. The van der Waals surface area contributed by atoms with Gasteiger partial charge in [0.05, 0.1) is 5.69 Å². The van der Waals surface area contributed by atoms with Crippen molar-refractivity contribution in [3.63, 3.8) is 0 Å². The Morgan fingerprint density at radius 1 is 0.939 bits per heavy atom.